The standard InChI is InChI=1S/C20H21N3O2S2/c1-4-25-15-9-7-14(8-10-15)23-18(21)17(27-20(23)26)19(24)22-16-11-12(2)5-6-13(16)3/h5-11H,4,21H2,1-3H3,(H,22,24). The molecule has 1 amide bonds. The van der Waals surface area contributed by atoms with E-state index in [9.17, 15) is 4.79 Å². The average molecular weight is 400 g/mol. The molecule has 3 rings (SSSR count). The number of carbonyl (C=O) groups is 1. The number of aromatic nitrogens is 1. The topological polar surface area (TPSA) is 69.3 Å². The van der Waals surface area contributed by atoms with Gasteiger partial charge in [0.05, 0.1) is 6.61 Å². The van der Waals surface area contributed by atoms with Gasteiger partial charge in [0, 0.05) is 11.4 Å². The van der Waals surface area contributed by atoms with Crippen LogP contribution >= 0.6 is 23.6 Å². The third kappa shape index (κ3) is 4.04. The highest BCUT2D eigenvalue weighted by molar-refractivity contribution is 7.73. The molecule has 0 aliphatic rings. The quantitative estimate of drug-likeness (QED) is 0.584. The summed E-state index contributed by atoms with van der Waals surface area (Å²) in [4.78, 5) is 13.2. The molecular formula is C20H21N3O2S2. The van der Waals surface area contributed by atoms with E-state index in [1.807, 2.05) is 63.2 Å². The van der Waals surface area contributed by atoms with E-state index in [2.05, 4.69) is 5.32 Å². The molecule has 140 valence electrons. The summed E-state index contributed by atoms with van der Waals surface area (Å²) in [5.74, 6) is 0.841. The Morgan fingerprint density at radius 2 is 1.93 bits per heavy atom. The average Bonchev–Trinajstić information content (AvgIpc) is 2.94. The zero-order chi connectivity index (χ0) is 19.6. The third-order valence-corrected chi connectivity index (χ3v) is 5.49. The number of rotatable bonds is 5. The van der Waals surface area contributed by atoms with Crippen LogP contribution in [0.5, 0.6) is 5.75 Å². The molecule has 0 atom stereocenters. The Morgan fingerprint density at radius 3 is 2.59 bits per heavy atom. The SMILES string of the molecule is CCOc1ccc(-n2c(N)c(C(=O)Nc3cc(C)ccc3C)sc2=S)cc1. The largest absolute Gasteiger partial charge is 0.494 e. The number of nitrogens with two attached hydrogens (primary N) is 1. The van der Waals surface area contributed by atoms with Crippen molar-refractivity contribution in [1.82, 2.24) is 4.57 Å². The first kappa shape index (κ1) is 19.1. The molecule has 0 spiro atoms. The molecule has 1 aromatic heterocycles. The van der Waals surface area contributed by atoms with Crippen LogP contribution in [0.4, 0.5) is 11.5 Å². The Morgan fingerprint density at radius 1 is 1.22 bits per heavy atom. The van der Waals surface area contributed by atoms with E-state index in [-0.39, 0.29) is 5.91 Å². The Labute approximate surface area is 167 Å². The number of hydrogen-bond donors (Lipinski definition) is 2. The molecule has 27 heavy (non-hydrogen) atoms. The Bertz CT molecular complexity index is 1040. The van der Waals surface area contributed by atoms with Gasteiger partial charge >= 0.3 is 0 Å². The number of carbonyl (C=O) groups excluding carboxylic acids is 1. The van der Waals surface area contributed by atoms with Gasteiger partial charge in [0.1, 0.15) is 16.4 Å². The summed E-state index contributed by atoms with van der Waals surface area (Å²) < 4.78 is 7.68. The summed E-state index contributed by atoms with van der Waals surface area (Å²) in [5.41, 5.74) is 9.89. The van der Waals surface area contributed by atoms with Gasteiger partial charge in [0.2, 0.25) is 0 Å². The zero-order valence-electron chi connectivity index (χ0n) is 15.4. The van der Waals surface area contributed by atoms with Crippen molar-refractivity contribution in [1.29, 1.82) is 0 Å². The molecule has 0 aliphatic carbocycles. The van der Waals surface area contributed by atoms with Crippen LogP contribution in [0.3, 0.4) is 0 Å². The van der Waals surface area contributed by atoms with Gasteiger partial charge in [0.15, 0.2) is 3.95 Å². The second-order valence-corrected chi connectivity index (χ2v) is 7.76. The maximum atomic E-state index is 12.8. The molecule has 3 N–H and O–H groups in total. The van der Waals surface area contributed by atoms with E-state index in [1.54, 1.807) is 4.57 Å². The van der Waals surface area contributed by atoms with Gasteiger partial charge in [-0.3, -0.25) is 9.36 Å². The van der Waals surface area contributed by atoms with Gasteiger partial charge in [-0.05, 0) is 74.4 Å². The van der Waals surface area contributed by atoms with Gasteiger partial charge < -0.3 is 15.8 Å². The number of aryl methyl sites for hydroxylation is 2. The molecule has 7 heteroatoms. The summed E-state index contributed by atoms with van der Waals surface area (Å²) >= 11 is 6.64. The zero-order valence-corrected chi connectivity index (χ0v) is 17.0. The van der Waals surface area contributed by atoms with E-state index >= 15 is 0 Å². The predicted molar refractivity (Wildman–Crippen MR) is 114 cm³/mol. The van der Waals surface area contributed by atoms with E-state index in [0.29, 0.717) is 21.3 Å². The summed E-state index contributed by atoms with van der Waals surface area (Å²) in [6.45, 7) is 6.46. The minimum atomic E-state index is -0.262. The molecular weight excluding hydrogens is 378 g/mol. The fraction of sp³-hybridized carbons (Fsp3) is 0.200. The molecule has 0 radical (unpaired) electrons. The number of benzene rings is 2. The minimum Gasteiger partial charge on any atom is -0.494 e. The van der Waals surface area contributed by atoms with Crippen molar-refractivity contribution >= 4 is 41.0 Å². The van der Waals surface area contributed by atoms with Crippen molar-refractivity contribution in [3.8, 4) is 11.4 Å². The van der Waals surface area contributed by atoms with Gasteiger partial charge in [-0.1, -0.05) is 23.5 Å². The van der Waals surface area contributed by atoms with Crippen LogP contribution in [-0.2, 0) is 0 Å². The number of hydrogen-bond acceptors (Lipinski definition) is 5. The second kappa shape index (κ2) is 7.94. The van der Waals surface area contributed by atoms with Crippen LogP contribution in [-0.4, -0.2) is 17.1 Å². The van der Waals surface area contributed by atoms with E-state index < -0.39 is 0 Å². The number of nitrogen functional groups attached to an aromatic ring is 1. The lowest BCUT2D eigenvalue weighted by Gasteiger charge is -2.10. The van der Waals surface area contributed by atoms with Crippen LogP contribution in [0.15, 0.2) is 42.5 Å². The maximum absolute atomic E-state index is 12.8. The Kier molecular flexibility index (Phi) is 5.62. The van der Waals surface area contributed by atoms with Crippen molar-refractivity contribution in [3.05, 3.63) is 62.4 Å². The first-order valence-electron chi connectivity index (χ1n) is 8.54. The molecule has 0 saturated heterocycles. The van der Waals surface area contributed by atoms with Gasteiger partial charge in [-0.15, -0.1) is 0 Å². The summed E-state index contributed by atoms with van der Waals surface area (Å²) in [5, 5.41) is 2.94. The Balaban J connectivity index is 1.92. The van der Waals surface area contributed by atoms with Gasteiger partial charge in [0.25, 0.3) is 5.91 Å². The van der Waals surface area contributed by atoms with E-state index in [1.165, 1.54) is 11.3 Å². The highest BCUT2D eigenvalue weighted by Crippen LogP contribution is 2.28. The fourth-order valence-corrected chi connectivity index (χ4v) is 3.96. The highest BCUT2D eigenvalue weighted by Gasteiger charge is 2.19. The van der Waals surface area contributed by atoms with E-state index in [0.717, 1.165) is 28.3 Å². The fourth-order valence-electron chi connectivity index (χ4n) is 2.70. The molecule has 0 saturated carbocycles. The van der Waals surface area contributed by atoms with Gasteiger partial charge in [-0.25, -0.2) is 0 Å². The lowest BCUT2D eigenvalue weighted by molar-refractivity contribution is 0.103. The highest BCUT2D eigenvalue weighted by atomic mass is 32.1. The molecule has 0 bridgehead atoms. The van der Waals surface area contributed by atoms with Crippen LogP contribution in [0.1, 0.15) is 27.7 Å². The summed E-state index contributed by atoms with van der Waals surface area (Å²) in [6.07, 6.45) is 0. The number of amides is 1. The van der Waals surface area contributed by atoms with Crippen LogP contribution in [0, 0.1) is 17.8 Å². The molecule has 3 aromatic rings. The van der Waals surface area contributed by atoms with Crippen molar-refractivity contribution < 1.29 is 9.53 Å². The maximum Gasteiger partial charge on any atom is 0.269 e. The second-order valence-electron chi connectivity index (χ2n) is 6.12. The lowest BCUT2D eigenvalue weighted by Crippen LogP contribution is -2.14. The number of thiazole rings is 1. The normalized spacial score (nSPS) is 10.6. The molecule has 0 unspecified atom stereocenters. The van der Waals surface area contributed by atoms with Crippen molar-refractivity contribution in [2.45, 2.75) is 20.8 Å². The monoisotopic (exact) mass is 399 g/mol. The van der Waals surface area contributed by atoms with E-state index in [4.69, 9.17) is 22.7 Å². The molecule has 2 aromatic carbocycles. The number of ether oxygens (including phenoxy) is 1. The number of nitrogens with zero attached hydrogens (tertiary/aromatic N) is 1. The van der Waals surface area contributed by atoms with Crippen molar-refractivity contribution in [2.24, 2.45) is 0 Å². The van der Waals surface area contributed by atoms with Crippen LogP contribution in [0.2, 0.25) is 0 Å². The predicted octanol–water partition coefficient (Wildman–Crippen LogP) is 5.12. The minimum absolute atomic E-state index is 0.262. The van der Waals surface area contributed by atoms with Crippen molar-refractivity contribution in [2.75, 3.05) is 17.7 Å². The summed E-state index contributed by atoms with van der Waals surface area (Å²) in [6, 6.07) is 13.4. The Hall–Kier alpha value is -2.64. The number of anilines is 2. The summed E-state index contributed by atoms with van der Waals surface area (Å²) in [7, 11) is 0. The molecule has 0 fully saturated rings. The van der Waals surface area contributed by atoms with Gasteiger partial charge in [-0.2, -0.15) is 0 Å². The van der Waals surface area contributed by atoms with Crippen molar-refractivity contribution in [3.63, 3.8) is 0 Å². The molecule has 0 aliphatic heterocycles. The smallest absolute Gasteiger partial charge is 0.269 e. The first-order chi connectivity index (χ1) is 12.9. The molecule has 5 nitrogen and oxygen atoms in total. The third-order valence-electron chi connectivity index (χ3n) is 4.10. The lowest BCUT2D eigenvalue weighted by atomic mass is 10.1. The van der Waals surface area contributed by atoms with Crippen LogP contribution in [0.25, 0.3) is 5.69 Å². The first-order valence-corrected chi connectivity index (χ1v) is 9.76. The van der Waals surface area contributed by atoms with Crippen LogP contribution < -0.4 is 15.8 Å². The number of nitrogens with one attached hydrogen (secondary N) is 1. The molecule has 1 heterocycles.